The van der Waals surface area contributed by atoms with Crippen molar-refractivity contribution in [3.8, 4) is 0 Å². The van der Waals surface area contributed by atoms with Gasteiger partial charge in [-0.3, -0.25) is 9.78 Å². The predicted octanol–water partition coefficient (Wildman–Crippen LogP) is 3.98. The van der Waals surface area contributed by atoms with Crippen LogP contribution in [0.15, 0.2) is 48.7 Å². The average Bonchev–Trinajstić information content (AvgIpc) is 2.61. The van der Waals surface area contributed by atoms with Crippen molar-refractivity contribution in [2.75, 3.05) is 6.61 Å². The Balaban J connectivity index is 1.69. The van der Waals surface area contributed by atoms with Crippen LogP contribution in [0.5, 0.6) is 0 Å². The second kappa shape index (κ2) is 6.95. The van der Waals surface area contributed by atoms with Gasteiger partial charge in [0.2, 0.25) is 0 Å². The number of rotatable bonds is 4. The summed E-state index contributed by atoms with van der Waals surface area (Å²) in [5.74, 6) is -1.11. The minimum Gasteiger partial charge on any atom is -0.453 e. The third-order valence-corrected chi connectivity index (χ3v) is 3.97. The summed E-state index contributed by atoms with van der Waals surface area (Å²) >= 11 is 11.7. The number of hydrogen-bond donors (Lipinski definition) is 0. The second-order valence-corrected chi connectivity index (χ2v) is 5.69. The van der Waals surface area contributed by atoms with Crippen LogP contribution in [0.4, 0.5) is 0 Å². The van der Waals surface area contributed by atoms with Gasteiger partial charge in [0.25, 0.3) is 0 Å². The summed E-state index contributed by atoms with van der Waals surface area (Å²) < 4.78 is 5.00. The van der Waals surface area contributed by atoms with Crippen LogP contribution in [-0.4, -0.2) is 28.3 Å². The third kappa shape index (κ3) is 3.53. The summed E-state index contributed by atoms with van der Waals surface area (Å²) in [6.45, 7) is -0.425. The standard InChI is InChI=1S/C17H10Cl2N2O3/c18-11-6-5-10(7-12(11)19)16(22)9-24-17(23)15-8-20-13-3-1-2-4-14(13)21-15/h1-8H,9H2. The third-order valence-electron chi connectivity index (χ3n) is 3.23. The van der Waals surface area contributed by atoms with E-state index < -0.39 is 18.4 Å². The predicted molar refractivity (Wildman–Crippen MR) is 90.6 cm³/mol. The molecule has 7 heteroatoms. The molecule has 120 valence electrons. The molecule has 0 unspecified atom stereocenters. The van der Waals surface area contributed by atoms with E-state index in [1.807, 2.05) is 6.07 Å². The number of fused-ring (bicyclic) bond motifs is 1. The van der Waals surface area contributed by atoms with Crippen molar-refractivity contribution in [2.24, 2.45) is 0 Å². The van der Waals surface area contributed by atoms with Crippen LogP contribution in [0.25, 0.3) is 11.0 Å². The van der Waals surface area contributed by atoms with Crippen LogP contribution in [0.3, 0.4) is 0 Å². The van der Waals surface area contributed by atoms with E-state index in [1.54, 1.807) is 18.2 Å². The van der Waals surface area contributed by atoms with E-state index in [0.29, 0.717) is 21.6 Å². The number of esters is 1. The number of Topliss-reactive ketones (excluding diaryl/α,β-unsaturated/α-hetero) is 1. The summed E-state index contributed by atoms with van der Waals surface area (Å²) in [7, 11) is 0. The SMILES string of the molecule is O=C(COC(=O)c1cnc2ccccc2n1)c1ccc(Cl)c(Cl)c1. The van der Waals surface area contributed by atoms with E-state index in [1.165, 1.54) is 24.4 Å². The summed E-state index contributed by atoms with van der Waals surface area (Å²) in [6.07, 6.45) is 1.31. The molecule has 0 bridgehead atoms. The van der Waals surface area contributed by atoms with Crippen LogP contribution in [0.2, 0.25) is 10.0 Å². The van der Waals surface area contributed by atoms with Crippen molar-refractivity contribution in [1.29, 1.82) is 0 Å². The lowest BCUT2D eigenvalue weighted by atomic mass is 10.1. The van der Waals surface area contributed by atoms with E-state index in [4.69, 9.17) is 27.9 Å². The van der Waals surface area contributed by atoms with E-state index in [9.17, 15) is 9.59 Å². The molecule has 0 atom stereocenters. The number of para-hydroxylation sites is 2. The molecule has 0 aliphatic heterocycles. The second-order valence-electron chi connectivity index (χ2n) is 4.87. The number of carbonyl (C=O) groups is 2. The molecule has 0 saturated carbocycles. The fraction of sp³-hybridized carbons (Fsp3) is 0.0588. The Morgan fingerprint density at radius 3 is 2.50 bits per heavy atom. The van der Waals surface area contributed by atoms with Crippen molar-refractivity contribution in [3.05, 3.63) is 70.0 Å². The zero-order valence-electron chi connectivity index (χ0n) is 12.2. The molecule has 0 radical (unpaired) electrons. The van der Waals surface area contributed by atoms with Gasteiger partial charge >= 0.3 is 5.97 Å². The number of carbonyl (C=O) groups excluding carboxylic acids is 2. The minimum atomic E-state index is -0.721. The number of benzene rings is 2. The Morgan fingerprint density at radius 1 is 1.00 bits per heavy atom. The van der Waals surface area contributed by atoms with Gasteiger partial charge in [-0.1, -0.05) is 35.3 Å². The van der Waals surface area contributed by atoms with Crippen LogP contribution in [0.1, 0.15) is 20.8 Å². The first-order chi connectivity index (χ1) is 11.5. The first kappa shape index (κ1) is 16.4. The molecule has 1 heterocycles. The number of halogens is 2. The highest BCUT2D eigenvalue weighted by molar-refractivity contribution is 6.42. The molecule has 0 aliphatic rings. The number of hydrogen-bond acceptors (Lipinski definition) is 5. The number of nitrogens with zero attached hydrogens (tertiary/aromatic N) is 2. The lowest BCUT2D eigenvalue weighted by Crippen LogP contribution is -2.15. The Labute approximate surface area is 147 Å². The fourth-order valence-corrected chi connectivity index (χ4v) is 2.31. The maximum atomic E-state index is 12.0. The van der Waals surface area contributed by atoms with Gasteiger partial charge in [0.05, 0.1) is 27.3 Å². The zero-order chi connectivity index (χ0) is 17.1. The molecule has 5 nitrogen and oxygen atoms in total. The van der Waals surface area contributed by atoms with Crippen molar-refractivity contribution in [3.63, 3.8) is 0 Å². The Hall–Kier alpha value is -2.50. The van der Waals surface area contributed by atoms with Crippen molar-refractivity contribution >= 4 is 46.0 Å². The van der Waals surface area contributed by atoms with E-state index >= 15 is 0 Å². The molecule has 0 saturated heterocycles. The van der Waals surface area contributed by atoms with Crippen molar-refractivity contribution in [1.82, 2.24) is 9.97 Å². The van der Waals surface area contributed by atoms with Crippen LogP contribution >= 0.6 is 23.2 Å². The van der Waals surface area contributed by atoms with Crippen LogP contribution < -0.4 is 0 Å². The van der Waals surface area contributed by atoms with Crippen molar-refractivity contribution < 1.29 is 14.3 Å². The van der Waals surface area contributed by atoms with E-state index in [2.05, 4.69) is 9.97 Å². The molecule has 3 rings (SSSR count). The highest BCUT2D eigenvalue weighted by Gasteiger charge is 2.15. The molecule has 0 spiro atoms. The maximum Gasteiger partial charge on any atom is 0.359 e. The normalized spacial score (nSPS) is 10.6. The summed E-state index contributed by atoms with van der Waals surface area (Å²) in [4.78, 5) is 32.4. The smallest absolute Gasteiger partial charge is 0.359 e. The molecule has 0 fully saturated rings. The van der Waals surface area contributed by atoms with Gasteiger partial charge in [0.15, 0.2) is 18.1 Å². The van der Waals surface area contributed by atoms with Gasteiger partial charge in [0.1, 0.15) is 0 Å². The first-order valence-electron chi connectivity index (χ1n) is 6.92. The molecule has 1 aromatic heterocycles. The fourth-order valence-electron chi connectivity index (χ4n) is 2.01. The minimum absolute atomic E-state index is 0.0376. The van der Waals surface area contributed by atoms with Gasteiger partial charge in [-0.15, -0.1) is 0 Å². The molecule has 0 aliphatic carbocycles. The van der Waals surface area contributed by atoms with Gasteiger partial charge in [-0.2, -0.15) is 0 Å². The highest BCUT2D eigenvalue weighted by atomic mass is 35.5. The Kier molecular flexibility index (Phi) is 4.74. The monoisotopic (exact) mass is 360 g/mol. The number of ketones is 1. The van der Waals surface area contributed by atoms with Gasteiger partial charge in [0, 0.05) is 5.56 Å². The topological polar surface area (TPSA) is 69.2 Å². The summed E-state index contributed by atoms with van der Waals surface area (Å²) in [5, 5.41) is 0.603. The average molecular weight is 361 g/mol. The molecular weight excluding hydrogens is 351 g/mol. The molecule has 0 amide bonds. The van der Waals surface area contributed by atoms with Gasteiger partial charge in [-0.25, -0.2) is 9.78 Å². The maximum absolute atomic E-state index is 12.0. The highest BCUT2D eigenvalue weighted by Crippen LogP contribution is 2.22. The lowest BCUT2D eigenvalue weighted by Gasteiger charge is -2.05. The molecular formula is C17H10Cl2N2O3. The van der Waals surface area contributed by atoms with Gasteiger partial charge < -0.3 is 4.74 Å². The number of aromatic nitrogens is 2. The summed E-state index contributed by atoms with van der Waals surface area (Å²) in [5.41, 5.74) is 1.58. The summed E-state index contributed by atoms with van der Waals surface area (Å²) in [6, 6.07) is 11.6. The van der Waals surface area contributed by atoms with Gasteiger partial charge in [-0.05, 0) is 30.3 Å². The van der Waals surface area contributed by atoms with Crippen molar-refractivity contribution in [2.45, 2.75) is 0 Å². The molecule has 3 aromatic rings. The first-order valence-corrected chi connectivity index (χ1v) is 7.67. The lowest BCUT2D eigenvalue weighted by molar-refractivity contribution is 0.0469. The zero-order valence-corrected chi connectivity index (χ0v) is 13.7. The molecule has 0 N–H and O–H groups in total. The van der Waals surface area contributed by atoms with Crippen LogP contribution in [0, 0.1) is 0 Å². The largest absolute Gasteiger partial charge is 0.453 e. The Bertz CT molecular complexity index is 944. The molecule has 2 aromatic carbocycles. The van der Waals surface area contributed by atoms with E-state index in [-0.39, 0.29) is 10.7 Å². The Morgan fingerprint density at radius 2 is 1.75 bits per heavy atom. The van der Waals surface area contributed by atoms with E-state index in [0.717, 1.165) is 0 Å². The molecule has 24 heavy (non-hydrogen) atoms. The quantitative estimate of drug-likeness (QED) is 0.519. The van der Waals surface area contributed by atoms with Crippen LogP contribution in [-0.2, 0) is 4.74 Å². The number of ether oxygens (including phenoxy) is 1.